The maximum Gasteiger partial charge on any atom is 0.231 e. The number of hydrogen-bond donors (Lipinski definition) is 1. The van der Waals surface area contributed by atoms with E-state index in [1.165, 1.54) is 21.8 Å². The van der Waals surface area contributed by atoms with Crippen LogP contribution in [0.25, 0.3) is 10.2 Å². The van der Waals surface area contributed by atoms with Gasteiger partial charge in [0.05, 0.1) is 18.6 Å². The van der Waals surface area contributed by atoms with Crippen molar-refractivity contribution in [3.8, 4) is 11.6 Å². The second-order valence-electron chi connectivity index (χ2n) is 7.93. The number of aryl methyl sites for hydroxylation is 1. The van der Waals surface area contributed by atoms with E-state index in [0.717, 1.165) is 79.3 Å². The van der Waals surface area contributed by atoms with Crippen molar-refractivity contribution < 1.29 is 14.4 Å². The molecule has 2 aromatic heterocycles. The third kappa shape index (κ3) is 3.64. The van der Waals surface area contributed by atoms with Gasteiger partial charge in [0.2, 0.25) is 5.88 Å². The van der Waals surface area contributed by atoms with E-state index in [-0.39, 0.29) is 0 Å². The van der Waals surface area contributed by atoms with E-state index >= 15 is 0 Å². The van der Waals surface area contributed by atoms with Crippen molar-refractivity contribution in [1.82, 2.24) is 9.97 Å². The van der Waals surface area contributed by atoms with Crippen LogP contribution < -0.4 is 9.64 Å². The number of ether oxygens (including phenoxy) is 2. The van der Waals surface area contributed by atoms with Crippen molar-refractivity contribution in [1.29, 1.82) is 0 Å². The van der Waals surface area contributed by atoms with Crippen LogP contribution in [0.15, 0.2) is 30.3 Å². The van der Waals surface area contributed by atoms with Gasteiger partial charge in [-0.05, 0) is 42.9 Å². The van der Waals surface area contributed by atoms with Gasteiger partial charge in [0.15, 0.2) is 5.82 Å². The smallest absolute Gasteiger partial charge is 0.231 e. The summed E-state index contributed by atoms with van der Waals surface area (Å²) in [5.74, 6) is 3.17. The van der Waals surface area contributed by atoms with E-state index in [1.54, 1.807) is 0 Å². The van der Waals surface area contributed by atoms with Crippen LogP contribution in [0.3, 0.4) is 0 Å². The first-order chi connectivity index (χ1) is 13.8. The topological polar surface area (TPSA) is 48.7 Å². The zero-order valence-electron chi connectivity index (χ0n) is 16.2. The van der Waals surface area contributed by atoms with E-state index in [9.17, 15) is 0 Å². The molecule has 1 saturated heterocycles. The fourth-order valence-corrected chi connectivity index (χ4v) is 5.56. The molecule has 6 heteroatoms. The van der Waals surface area contributed by atoms with Crippen LogP contribution in [0.4, 0.5) is 0 Å². The Morgan fingerprint density at radius 1 is 1.18 bits per heavy atom. The lowest BCUT2D eigenvalue weighted by molar-refractivity contribution is -0.922. The zero-order valence-corrected chi connectivity index (χ0v) is 17.1. The summed E-state index contributed by atoms with van der Waals surface area (Å²) in [6.07, 6.45) is 3.47. The van der Waals surface area contributed by atoms with Crippen molar-refractivity contribution in [3.05, 3.63) is 46.6 Å². The van der Waals surface area contributed by atoms with Crippen molar-refractivity contribution in [2.24, 2.45) is 5.92 Å². The summed E-state index contributed by atoms with van der Waals surface area (Å²) >= 11 is 1.84. The molecule has 3 heterocycles. The Bertz CT molecular complexity index is 967. The standard InChI is InChI=1S/C22H25N3O2S/c1-15-7-8-17-18(13-15)28-22-20(17)21(27-16-5-3-2-4-6-16)23-19(24-22)14-25-9-11-26-12-10-25/h2-6,15H,7-14H2,1H3/p+1/t15-/m0/s1. The number of nitrogens with one attached hydrogen (secondary N) is 1. The summed E-state index contributed by atoms with van der Waals surface area (Å²) in [7, 11) is 0. The molecule has 2 aliphatic rings. The maximum absolute atomic E-state index is 6.29. The molecule has 0 bridgehead atoms. The van der Waals surface area contributed by atoms with Crippen LogP contribution in [0.5, 0.6) is 11.6 Å². The minimum Gasteiger partial charge on any atom is -0.438 e. The molecule has 1 aliphatic heterocycles. The largest absolute Gasteiger partial charge is 0.438 e. The molecule has 0 radical (unpaired) electrons. The van der Waals surface area contributed by atoms with E-state index in [4.69, 9.17) is 19.4 Å². The first-order valence-corrected chi connectivity index (χ1v) is 11.0. The van der Waals surface area contributed by atoms with Crippen LogP contribution in [-0.4, -0.2) is 36.3 Å². The number of fused-ring (bicyclic) bond motifs is 3. The third-order valence-corrected chi connectivity index (χ3v) is 6.88. The maximum atomic E-state index is 6.29. The van der Waals surface area contributed by atoms with E-state index in [2.05, 4.69) is 6.92 Å². The highest BCUT2D eigenvalue weighted by Gasteiger charge is 2.26. The fourth-order valence-electron chi connectivity index (χ4n) is 4.16. The van der Waals surface area contributed by atoms with Gasteiger partial charge in [0, 0.05) is 4.88 Å². The molecular formula is C22H26N3O2S+. The molecule has 5 nitrogen and oxygen atoms in total. The number of aromatic nitrogens is 2. The number of thiophene rings is 1. The number of morpholine rings is 1. The van der Waals surface area contributed by atoms with Crippen molar-refractivity contribution in [3.63, 3.8) is 0 Å². The summed E-state index contributed by atoms with van der Waals surface area (Å²) in [6, 6.07) is 9.97. The highest BCUT2D eigenvalue weighted by molar-refractivity contribution is 7.18. The predicted octanol–water partition coefficient (Wildman–Crippen LogP) is 3.02. The van der Waals surface area contributed by atoms with Crippen molar-refractivity contribution >= 4 is 21.6 Å². The molecule has 3 aromatic rings. The Labute approximate surface area is 169 Å². The number of quaternary nitrogens is 1. The second kappa shape index (κ2) is 7.78. The molecule has 1 aromatic carbocycles. The predicted molar refractivity (Wildman–Crippen MR) is 110 cm³/mol. The van der Waals surface area contributed by atoms with Gasteiger partial charge in [-0.2, -0.15) is 4.98 Å². The van der Waals surface area contributed by atoms with Gasteiger partial charge in [0.1, 0.15) is 30.2 Å². The van der Waals surface area contributed by atoms with Gasteiger partial charge in [-0.3, -0.25) is 0 Å². The van der Waals surface area contributed by atoms with E-state index in [0.29, 0.717) is 0 Å². The third-order valence-electron chi connectivity index (χ3n) is 5.73. The van der Waals surface area contributed by atoms with Gasteiger partial charge in [-0.15, -0.1) is 11.3 Å². The molecule has 1 atom stereocenters. The quantitative estimate of drug-likeness (QED) is 0.737. The second-order valence-corrected chi connectivity index (χ2v) is 9.01. The van der Waals surface area contributed by atoms with Crippen LogP contribution in [-0.2, 0) is 24.1 Å². The summed E-state index contributed by atoms with van der Waals surface area (Å²) in [5.41, 5.74) is 1.41. The molecule has 0 saturated carbocycles. The minimum absolute atomic E-state index is 0.728. The van der Waals surface area contributed by atoms with Gasteiger partial charge in [-0.1, -0.05) is 25.1 Å². The van der Waals surface area contributed by atoms with Gasteiger partial charge < -0.3 is 14.4 Å². The number of hydrogen-bond acceptors (Lipinski definition) is 5. The Morgan fingerprint density at radius 2 is 2.00 bits per heavy atom. The molecule has 0 spiro atoms. The average Bonchev–Trinajstić information content (AvgIpc) is 3.07. The first-order valence-electron chi connectivity index (χ1n) is 10.2. The Morgan fingerprint density at radius 3 is 2.82 bits per heavy atom. The van der Waals surface area contributed by atoms with Crippen molar-refractivity contribution in [2.45, 2.75) is 32.7 Å². The van der Waals surface area contributed by atoms with Crippen LogP contribution in [0.2, 0.25) is 0 Å². The molecule has 5 rings (SSSR count). The van der Waals surface area contributed by atoms with Gasteiger partial charge in [-0.25, -0.2) is 4.98 Å². The lowest BCUT2D eigenvalue weighted by Crippen LogP contribution is -3.12. The van der Waals surface area contributed by atoms with Gasteiger partial charge >= 0.3 is 0 Å². The summed E-state index contributed by atoms with van der Waals surface area (Å²) in [6.45, 7) is 6.81. The molecule has 1 N–H and O–H groups in total. The number of nitrogens with zero attached hydrogens (tertiary/aromatic N) is 2. The van der Waals surface area contributed by atoms with Gasteiger partial charge in [0.25, 0.3) is 0 Å². The molecule has 146 valence electrons. The highest BCUT2D eigenvalue weighted by Crippen LogP contribution is 2.41. The molecule has 28 heavy (non-hydrogen) atoms. The first kappa shape index (κ1) is 18.0. The normalized spacial score (nSPS) is 20.2. The lowest BCUT2D eigenvalue weighted by Gasteiger charge is -2.23. The average molecular weight is 397 g/mol. The highest BCUT2D eigenvalue weighted by atomic mass is 32.1. The Hall–Kier alpha value is -2.02. The number of rotatable bonds is 4. The number of para-hydroxylation sites is 1. The number of benzene rings is 1. The monoisotopic (exact) mass is 396 g/mol. The molecule has 1 fully saturated rings. The Balaban J connectivity index is 1.56. The summed E-state index contributed by atoms with van der Waals surface area (Å²) < 4.78 is 11.8. The minimum atomic E-state index is 0.728. The Kier molecular flexibility index (Phi) is 5.01. The zero-order chi connectivity index (χ0) is 18.9. The molecular weight excluding hydrogens is 370 g/mol. The van der Waals surface area contributed by atoms with Crippen LogP contribution in [0.1, 0.15) is 29.6 Å². The fraction of sp³-hybridized carbons (Fsp3) is 0.455. The van der Waals surface area contributed by atoms with E-state index < -0.39 is 0 Å². The molecule has 1 aliphatic carbocycles. The molecule has 0 unspecified atom stereocenters. The SMILES string of the molecule is C[C@H]1CCc2c(sc3nc(C[NH+]4CCOCC4)nc(Oc4ccccc4)c23)C1. The van der Waals surface area contributed by atoms with E-state index in [1.807, 2.05) is 41.7 Å². The van der Waals surface area contributed by atoms with Crippen LogP contribution >= 0.6 is 11.3 Å². The van der Waals surface area contributed by atoms with Crippen LogP contribution in [0, 0.1) is 5.92 Å². The summed E-state index contributed by atoms with van der Waals surface area (Å²) in [4.78, 5) is 13.9. The summed E-state index contributed by atoms with van der Waals surface area (Å²) in [5, 5.41) is 1.14. The molecule has 0 amide bonds. The lowest BCUT2D eigenvalue weighted by atomic mass is 9.89. The van der Waals surface area contributed by atoms with Crippen molar-refractivity contribution in [2.75, 3.05) is 26.3 Å².